The molecule has 5 heteroatoms. The zero-order chi connectivity index (χ0) is 17.6. The normalized spacial score (nSPS) is 12.4. The van der Waals surface area contributed by atoms with E-state index in [0.29, 0.717) is 17.9 Å². The van der Waals surface area contributed by atoms with Gasteiger partial charge in [-0.05, 0) is 61.6 Å². The summed E-state index contributed by atoms with van der Waals surface area (Å²) in [4.78, 5) is 24.2. The Kier molecular flexibility index (Phi) is 5.33. The number of esters is 1. The first-order valence-electron chi connectivity index (χ1n) is 8.48. The Hall–Kier alpha value is -2.82. The molecule has 0 saturated heterocycles. The molecule has 5 nitrogen and oxygen atoms in total. The van der Waals surface area contributed by atoms with Crippen LogP contribution in [0.15, 0.2) is 42.5 Å². The maximum atomic E-state index is 12.2. The van der Waals surface area contributed by atoms with Gasteiger partial charge >= 0.3 is 5.97 Å². The summed E-state index contributed by atoms with van der Waals surface area (Å²) >= 11 is 0. The second-order valence-corrected chi connectivity index (χ2v) is 5.89. The van der Waals surface area contributed by atoms with Gasteiger partial charge in [0.05, 0.1) is 6.61 Å². The predicted octanol–water partition coefficient (Wildman–Crippen LogP) is 3.37. The van der Waals surface area contributed by atoms with Crippen LogP contribution < -0.4 is 10.1 Å². The Morgan fingerprint density at radius 2 is 1.88 bits per heavy atom. The van der Waals surface area contributed by atoms with Crippen LogP contribution in [0.4, 0.5) is 5.69 Å². The summed E-state index contributed by atoms with van der Waals surface area (Å²) in [6.07, 6.45) is 3.30. The fourth-order valence-corrected chi connectivity index (χ4v) is 2.97. The molecular weight excluding hydrogens is 318 g/mol. The third-order valence-electron chi connectivity index (χ3n) is 4.12. The smallest absolute Gasteiger partial charge is 0.342 e. The summed E-state index contributed by atoms with van der Waals surface area (Å²) in [7, 11) is 0. The molecule has 0 aliphatic heterocycles. The summed E-state index contributed by atoms with van der Waals surface area (Å²) in [6, 6.07) is 12.7. The molecule has 0 heterocycles. The van der Waals surface area contributed by atoms with Crippen molar-refractivity contribution in [2.45, 2.75) is 26.2 Å². The van der Waals surface area contributed by atoms with Gasteiger partial charge in [0.2, 0.25) is 0 Å². The molecule has 0 unspecified atom stereocenters. The van der Waals surface area contributed by atoms with E-state index in [1.165, 1.54) is 11.1 Å². The van der Waals surface area contributed by atoms with Crippen molar-refractivity contribution in [2.24, 2.45) is 0 Å². The lowest BCUT2D eigenvalue weighted by Gasteiger charge is -2.10. The number of amides is 1. The van der Waals surface area contributed by atoms with Crippen molar-refractivity contribution < 1.29 is 19.1 Å². The van der Waals surface area contributed by atoms with Gasteiger partial charge in [-0.15, -0.1) is 0 Å². The second kappa shape index (κ2) is 7.83. The van der Waals surface area contributed by atoms with Crippen LogP contribution in [0.25, 0.3) is 0 Å². The maximum absolute atomic E-state index is 12.2. The first-order valence-corrected chi connectivity index (χ1v) is 8.48. The molecule has 0 spiro atoms. The van der Waals surface area contributed by atoms with Crippen LogP contribution in [0.1, 0.15) is 34.8 Å². The van der Waals surface area contributed by atoms with Gasteiger partial charge in [0, 0.05) is 5.69 Å². The molecule has 1 aliphatic rings. The average molecular weight is 339 g/mol. The van der Waals surface area contributed by atoms with Gasteiger partial charge in [-0.25, -0.2) is 4.79 Å². The van der Waals surface area contributed by atoms with E-state index in [-0.39, 0.29) is 12.5 Å². The number of carbonyl (C=O) groups is 2. The SMILES string of the molecule is CCOc1ccccc1C(=O)OCC(=O)Nc1ccc2c(c1)CCC2. The summed E-state index contributed by atoms with van der Waals surface area (Å²) in [6.45, 7) is 1.95. The lowest BCUT2D eigenvalue weighted by atomic mass is 10.1. The van der Waals surface area contributed by atoms with Crippen LogP contribution in [-0.4, -0.2) is 25.1 Å². The van der Waals surface area contributed by atoms with Crippen LogP contribution in [0.3, 0.4) is 0 Å². The Morgan fingerprint density at radius 3 is 2.72 bits per heavy atom. The molecule has 130 valence electrons. The quantitative estimate of drug-likeness (QED) is 0.820. The van der Waals surface area contributed by atoms with Crippen molar-refractivity contribution in [2.75, 3.05) is 18.5 Å². The number of fused-ring (bicyclic) bond motifs is 1. The zero-order valence-corrected chi connectivity index (χ0v) is 14.2. The summed E-state index contributed by atoms with van der Waals surface area (Å²) < 4.78 is 10.5. The third kappa shape index (κ3) is 4.18. The van der Waals surface area contributed by atoms with Crippen molar-refractivity contribution in [3.63, 3.8) is 0 Å². The Labute approximate surface area is 147 Å². The Morgan fingerprint density at radius 1 is 1.08 bits per heavy atom. The molecule has 0 saturated carbocycles. The first-order chi connectivity index (χ1) is 12.2. The number of benzene rings is 2. The molecule has 0 aromatic heterocycles. The largest absolute Gasteiger partial charge is 0.493 e. The van der Waals surface area contributed by atoms with Crippen LogP contribution >= 0.6 is 0 Å². The van der Waals surface area contributed by atoms with Gasteiger partial charge in [-0.3, -0.25) is 4.79 Å². The number of para-hydroxylation sites is 1. The van der Waals surface area contributed by atoms with Gasteiger partial charge in [0.1, 0.15) is 11.3 Å². The van der Waals surface area contributed by atoms with E-state index in [9.17, 15) is 9.59 Å². The number of ether oxygens (including phenoxy) is 2. The van der Waals surface area contributed by atoms with E-state index in [4.69, 9.17) is 9.47 Å². The highest BCUT2D eigenvalue weighted by molar-refractivity contribution is 5.96. The lowest BCUT2D eigenvalue weighted by Crippen LogP contribution is -2.21. The van der Waals surface area contributed by atoms with Crippen LogP contribution in [0.2, 0.25) is 0 Å². The molecule has 1 N–H and O–H groups in total. The molecule has 0 atom stereocenters. The van der Waals surface area contributed by atoms with E-state index < -0.39 is 5.97 Å². The average Bonchev–Trinajstić information content (AvgIpc) is 3.08. The number of anilines is 1. The van der Waals surface area contributed by atoms with Crippen molar-refractivity contribution in [3.05, 3.63) is 59.2 Å². The van der Waals surface area contributed by atoms with Crippen LogP contribution in [-0.2, 0) is 22.4 Å². The summed E-state index contributed by atoms with van der Waals surface area (Å²) in [5, 5.41) is 2.77. The molecule has 0 fully saturated rings. The highest BCUT2D eigenvalue weighted by Crippen LogP contribution is 2.25. The monoisotopic (exact) mass is 339 g/mol. The number of aryl methyl sites for hydroxylation is 2. The van der Waals surface area contributed by atoms with Gasteiger partial charge in [0.15, 0.2) is 6.61 Å². The van der Waals surface area contributed by atoms with Crippen molar-refractivity contribution in [1.82, 2.24) is 0 Å². The van der Waals surface area contributed by atoms with Gasteiger partial charge < -0.3 is 14.8 Å². The zero-order valence-electron chi connectivity index (χ0n) is 14.2. The van der Waals surface area contributed by atoms with Crippen LogP contribution in [0.5, 0.6) is 5.75 Å². The highest BCUT2D eigenvalue weighted by atomic mass is 16.5. The number of rotatable bonds is 6. The predicted molar refractivity (Wildman–Crippen MR) is 95.0 cm³/mol. The van der Waals surface area contributed by atoms with E-state index in [1.807, 2.05) is 25.1 Å². The Bertz CT molecular complexity index is 785. The topological polar surface area (TPSA) is 64.6 Å². The second-order valence-electron chi connectivity index (χ2n) is 5.89. The molecule has 25 heavy (non-hydrogen) atoms. The number of nitrogens with one attached hydrogen (secondary N) is 1. The number of hydrogen-bond donors (Lipinski definition) is 1. The van der Waals surface area contributed by atoms with Crippen LogP contribution in [0, 0.1) is 0 Å². The minimum absolute atomic E-state index is 0.315. The standard InChI is InChI=1S/C20H21NO4/c1-2-24-18-9-4-3-8-17(18)20(23)25-13-19(22)21-16-11-10-14-6-5-7-15(14)12-16/h3-4,8-12H,2,5-7,13H2,1H3,(H,21,22). The van der Waals surface area contributed by atoms with E-state index in [2.05, 4.69) is 5.32 Å². The molecule has 3 rings (SSSR count). The summed E-state index contributed by atoms with van der Waals surface area (Å²) in [5.41, 5.74) is 3.67. The van der Waals surface area contributed by atoms with E-state index >= 15 is 0 Å². The number of hydrogen-bond acceptors (Lipinski definition) is 4. The fourth-order valence-electron chi connectivity index (χ4n) is 2.97. The van der Waals surface area contributed by atoms with Gasteiger partial charge in [-0.1, -0.05) is 18.2 Å². The molecule has 0 bridgehead atoms. The molecule has 1 aliphatic carbocycles. The van der Waals surface area contributed by atoms with Crippen molar-refractivity contribution in [3.8, 4) is 5.75 Å². The van der Waals surface area contributed by atoms with Crippen molar-refractivity contribution in [1.29, 1.82) is 0 Å². The summed E-state index contributed by atoms with van der Waals surface area (Å²) in [5.74, 6) is -0.484. The minimum atomic E-state index is -0.576. The molecule has 0 radical (unpaired) electrons. The highest BCUT2D eigenvalue weighted by Gasteiger charge is 2.16. The van der Waals surface area contributed by atoms with Crippen molar-refractivity contribution >= 4 is 17.6 Å². The number of carbonyl (C=O) groups excluding carboxylic acids is 2. The molecule has 1 amide bonds. The van der Waals surface area contributed by atoms with E-state index in [0.717, 1.165) is 24.9 Å². The minimum Gasteiger partial charge on any atom is -0.493 e. The van der Waals surface area contributed by atoms with Gasteiger partial charge in [0.25, 0.3) is 5.91 Å². The molecular formula is C20H21NO4. The van der Waals surface area contributed by atoms with E-state index in [1.54, 1.807) is 24.3 Å². The Balaban J connectivity index is 1.56. The maximum Gasteiger partial charge on any atom is 0.342 e. The molecule has 2 aromatic carbocycles. The fraction of sp³-hybridized carbons (Fsp3) is 0.300. The first kappa shape index (κ1) is 17.0. The third-order valence-corrected chi connectivity index (χ3v) is 4.12. The molecule has 2 aromatic rings. The van der Waals surface area contributed by atoms with Gasteiger partial charge in [-0.2, -0.15) is 0 Å². The lowest BCUT2D eigenvalue weighted by molar-refractivity contribution is -0.119.